The highest BCUT2D eigenvalue weighted by Crippen LogP contribution is 2.42. The second-order valence-corrected chi connectivity index (χ2v) is 7.58. The van der Waals surface area contributed by atoms with Crippen molar-refractivity contribution in [3.63, 3.8) is 0 Å². The highest BCUT2D eigenvalue weighted by Gasteiger charge is 2.29. The van der Waals surface area contributed by atoms with E-state index in [-0.39, 0.29) is 22.3 Å². The summed E-state index contributed by atoms with van der Waals surface area (Å²) >= 11 is 0.908. The van der Waals surface area contributed by atoms with Gasteiger partial charge in [0.15, 0.2) is 16.8 Å². The minimum absolute atomic E-state index is 0.0254. The van der Waals surface area contributed by atoms with Crippen molar-refractivity contribution in [2.75, 3.05) is 6.61 Å². The van der Waals surface area contributed by atoms with E-state index in [4.69, 9.17) is 15.0 Å². The number of halogens is 1. The Morgan fingerprint density at radius 1 is 1.45 bits per heavy atom. The number of nitrogens with zero attached hydrogens (tertiary/aromatic N) is 3. The number of aliphatic hydroxyl groups is 1. The lowest BCUT2D eigenvalue weighted by atomic mass is 10.0. The van der Waals surface area contributed by atoms with Gasteiger partial charge in [-0.2, -0.15) is 4.98 Å². The van der Waals surface area contributed by atoms with E-state index in [1.54, 1.807) is 25.1 Å². The molecule has 0 saturated heterocycles. The normalized spacial score (nSPS) is 17.0. The van der Waals surface area contributed by atoms with E-state index < -0.39 is 17.7 Å². The van der Waals surface area contributed by atoms with E-state index >= 15 is 0 Å². The molecule has 3 aromatic rings. The summed E-state index contributed by atoms with van der Waals surface area (Å²) in [6, 6.07) is 4.96. The first-order valence-corrected chi connectivity index (χ1v) is 9.34. The second kappa shape index (κ2) is 6.95. The van der Waals surface area contributed by atoms with Gasteiger partial charge in [0.25, 0.3) is 5.91 Å². The van der Waals surface area contributed by atoms with E-state index in [0.29, 0.717) is 28.5 Å². The van der Waals surface area contributed by atoms with Crippen LogP contribution in [0.3, 0.4) is 0 Å². The van der Waals surface area contributed by atoms with Gasteiger partial charge < -0.3 is 20.1 Å². The minimum atomic E-state index is -1.63. The molecule has 2 atom stereocenters. The number of alkyl halides is 1. The molecular weight excluding hydrogens is 399 g/mol. The lowest BCUT2D eigenvalue weighted by Crippen LogP contribution is -2.20. The van der Waals surface area contributed by atoms with Gasteiger partial charge in [-0.05, 0) is 25.1 Å². The predicted molar refractivity (Wildman–Crippen MR) is 101 cm³/mol. The molecule has 2 aromatic heterocycles. The Labute approximate surface area is 168 Å². The summed E-state index contributed by atoms with van der Waals surface area (Å²) in [6.07, 6.45) is -1.43. The Morgan fingerprint density at radius 3 is 2.93 bits per heavy atom. The standard InChI is InChI=1S/C19H15FN4O4S/c1-9-22-18(24-28-9)19(2,26)6-5-10-3-4-13-11(7-10)14-15(12(20)8-27-13)29-17(23-14)16(21)25/h3-4,7,12,26H,8H2,1-2H3,(H2,21,25)/t12?,19-/m1/s1. The van der Waals surface area contributed by atoms with Gasteiger partial charge in [0.1, 0.15) is 12.4 Å². The number of carbonyl (C=O) groups excluding carboxylic acids is 1. The lowest BCUT2D eigenvalue weighted by Gasteiger charge is -2.10. The Kier molecular flexibility index (Phi) is 4.56. The van der Waals surface area contributed by atoms with Crippen molar-refractivity contribution in [2.24, 2.45) is 5.73 Å². The smallest absolute Gasteiger partial charge is 0.277 e. The molecule has 4 rings (SSSR count). The average molecular weight is 414 g/mol. The number of aromatic nitrogens is 3. The van der Waals surface area contributed by atoms with E-state index in [9.17, 15) is 14.3 Å². The molecule has 1 aliphatic heterocycles. The van der Waals surface area contributed by atoms with Crippen molar-refractivity contribution < 1.29 is 23.6 Å². The summed E-state index contributed by atoms with van der Waals surface area (Å²) in [6.45, 7) is 2.86. The van der Waals surface area contributed by atoms with Gasteiger partial charge in [-0.1, -0.05) is 17.0 Å². The van der Waals surface area contributed by atoms with E-state index in [1.807, 2.05) is 0 Å². The van der Waals surface area contributed by atoms with Crippen LogP contribution in [0.4, 0.5) is 4.39 Å². The van der Waals surface area contributed by atoms with Crippen LogP contribution in [0.2, 0.25) is 0 Å². The quantitative estimate of drug-likeness (QED) is 0.616. The van der Waals surface area contributed by atoms with Crippen LogP contribution in [-0.2, 0) is 5.60 Å². The van der Waals surface area contributed by atoms with Gasteiger partial charge in [-0.25, -0.2) is 9.37 Å². The summed E-state index contributed by atoms with van der Waals surface area (Å²) < 4.78 is 24.9. The van der Waals surface area contributed by atoms with Crippen LogP contribution in [0.5, 0.6) is 5.75 Å². The topological polar surface area (TPSA) is 124 Å². The summed E-state index contributed by atoms with van der Waals surface area (Å²) in [7, 11) is 0. The van der Waals surface area contributed by atoms with Crippen LogP contribution in [0.25, 0.3) is 11.3 Å². The monoisotopic (exact) mass is 414 g/mol. The van der Waals surface area contributed by atoms with Crippen LogP contribution in [0.15, 0.2) is 22.7 Å². The number of primary amides is 1. The molecule has 10 heteroatoms. The maximum atomic E-state index is 14.5. The molecule has 8 nitrogen and oxygen atoms in total. The Bertz CT molecular complexity index is 1170. The van der Waals surface area contributed by atoms with Gasteiger partial charge in [0.05, 0.1) is 10.6 Å². The highest BCUT2D eigenvalue weighted by molar-refractivity contribution is 7.14. The van der Waals surface area contributed by atoms with Gasteiger partial charge >= 0.3 is 0 Å². The Hall–Kier alpha value is -3.29. The molecule has 0 bridgehead atoms. The van der Waals surface area contributed by atoms with Crippen LogP contribution in [-0.4, -0.2) is 32.7 Å². The number of carbonyl (C=O) groups is 1. The number of nitrogens with two attached hydrogens (primary N) is 1. The van der Waals surface area contributed by atoms with Gasteiger partial charge in [0.2, 0.25) is 11.7 Å². The van der Waals surface area contributed by atoms with Crippen molar-refractivity contribution in [1.82, 2.24) is 15.1 Å². The number of rotatable bonds is 2. The Balaban J connectivity index is 1.76. The molecule has 1 amide bonds. The third-order valence-corrected chi connectivity index (χ3v) is 5.34. The fourth-order valence-electron chi connectivity index (χ4n) is 2.75. The Morgan fingerprint density at radius 2 is 2.24 bits per heavy atom. The zero-order valence-corrected chi connectivity index (χ0v) is 16.2. The molecule has 3 heterocycles. The third kappa shape index (κ3) is 3.57. The first-order valence-electron chi connectivity index (χ1n) is 8.53. The molecule has 1 aliphatic rings. The van der Waals surface area contributed by atoms with Crippen molar-refractivity contribution in [1.29, 1.82) is 0 Å². The van der Waals surface area contributed by atoms with Crippen LogP contribution >= 0.6 is 11.3 Å². The molecule has 0 radical (unpaired) electrons. The van der Waals surface area contributed by atoms with Crippen molar-refractivity contribution >= 4 is 17.2 Å². The second-order valence-electron chi connectivity index (χ2n) is 6.54. The first kappa shape index (κ1) is 19.0. The number of aryl methyl sites for hydroxylation is 1. The zero-order valence-electron chi connectivity index (χ0n) is 15.4. The van der Waals surface area contributed by atoms with E-state index in [0.717, 1.165) is 11.3 Å². The fourth-order valence-corrected chi connectivity index (χ4v) is 3.64. The lowest BCUT2D eigenvalue weighted by molar-refractivity contribution is 0.0999. The van der Waals surface area contributed by atoms with Crippen LogP contribution in [0, 0.1) is 18.8 Å². The summed E-state index contributed by atoms with van der Waals surface area (Å²) in [5.41, 5.74) is 4.98. The summed E-state index contributed by atoms with van der Waals surface area (Å²) in [5, 5.41) is 14.2. The van der Waals surface area contributed by atoms with Crippen LogP contribution < -0.4 is 10.5 Å². The van der Waals surface area contributed by atoms with E-state index in [2.05, 4.69) is 27.0 Å². The molecular formula is C19H15FN4O4S. The van der Waals surface area contributed by atoms with Crippen molar-refractivity contribution in [2.45, 2.75) is 25.6 Å². The van der Waals surface area contributed by atoms with Gasteiger partial charge in [-0.3, -0.25) is 4.79 Å². The minimum Gasteiger partial charge on any atom is -0.489 e. The first-order chi connectivity index (χ1) is 13.7. The molecule has 0 saturated carbocycles. The summed E-state index contributed by atoms with van der Waals surface area (Å²) in [4.78, 5) is 19.9. The molecule has 0 spiro atoms. The maximum absolute atomic E-state index is 14.5. The van der Waals surface area contributed by atoms with E-state index in [1.165, 1.54) is 6.92 Å². The van der Waals surface area contributed by atoms with Crippen molar-refractivity contribution in [3.8, 4) is 28.8 Å². The molecule has 0 fully saturated rings. The number of thiazole rings is 1. The average Bonchev–Trinajstić information content (AvgIpc) is 3.29. The largest absolute Gasteiger partial charge is 0.489 e. The molecule has 29 heavy (non-hydrogen) atoms. The number of hydrogen-bond acceptors (Lipinski definition) is 8. The van der Waals surface area contributed by atoms with Gasteiger partial charge in [-0.15, -0.1) is 11.3 Å². The summed E-state index contributed by atoms with van der Waals surface area (Å²) in [5.74, 6) is 5.60. The van der Waals surface area contributed by atoms with Gasteiger partial charge in [0, 0.05) is 18.1 Å². The molecule has 3 N–H and O–H groups in total. The number of benzene rings is 1. The predicted octanol–water partition coefficient (Wildman–Crippen LogP) is 2.26. The molecule has 1 aromatic carbocycles. The number of amides is 1. The van der Waals surface area contributed by atoms with Crippen molar-refractivity contribution in [3.05, 3.63) is 45.4 Å². The number of fused-ring (bicyclic) bond motifs is 3. The fraction of sp³-hybridized carbons (Fsp3) is 0.263. The number of ether oxygens (including phenoxy) is 1. The molecule has 148 valence electrons. The zero-order chi connectivity index (χ0) is 20.8. The number of hydrogen-bond donors (Lipinski definition) is 2. The maximum Gasteiger partial charge on any atom is 0.277 e. The molecule has 0 aliphatic carbocycles. The third-order valence-electron chi connectivity index (χ3n) is 4.18. The molecule has 1 unspecified atom stereocenters. The highest BCUT2D eigenvalue weighted by atomic mass is 32.1. The van der Waals surface area contributed by atoms with Crippen LogP contribution in [0.1, 0.15) is 45.1 Å². The SMILES string of the molecule is Cc1nc([C@](C)(O)C#Cc2ccc3c(c2)-c2nc(C(N)=O)sc2C(F)CO3)no1.